The van der Waals surface area contributed by atoms with Gasteiger partial charge >= 0.3 is 0 Å². The van der Waals surface area contributed by atoms with Crippen molar-refractivity contribution in [2.24, 2.45) is 0 Å². The van der Waals surface area contributed by atoms with Crippen LogP contribution in [0.2, 0.25) is 5.02 Å². The Kier molecular flexibility index (Phi) is 3.90. The van der Waals surface area contributed by atoms with Crippen molar-refractivity contribution in [1.29, 1.82) is 5.26 Å². The van der Waals surface area contributed by atoms with Crippen LogP contribution in [0, 0.1) is 25.2 Å². The van der Waals surface area contributed by atoms with E-state index in [1.807, 2.05) is 6.07 Å². The fourth-order valence-electron chi connectivity index (χ4n) is 1.47. The quantitative estimate of drug-likeness (QED) is 0.816. The van der Waals surface area contributed by atoms with E-state index >= 15 is 0 Å². The second kappa shape index (κ2) is 5.43. The highest BCUT2D eigenvalue weighted by atomic mass is 35.5. The first-order valence-corrected chi connectivity index (χ1v) is 6.61. The van der Waals surface area contributed by atoms with Crippen LogP contribution in [-0.4, -0.2) is 4.98 Å². The Morgan fingerprint density at radius 2 is 2.00 bits per heavy atom. The molecule has 4 heteroatoms. The van der Waals surface area contributed by atoms with E-state index in [9.17, 15) is 0 Å². The van der Waals surface area contributed by atoms with Crippen molar-refractivity contribution in [3.63, 3.8) is 0 Å². The highest BCUT2D eigenvalue weighted by molar-refractivity contribution is 7.99. The topological polar surface area (TPSA) is 36.7 Å². The van der Waals surface area contributed by atoms with E-state index in [0.29, 0.717) is 15.6 Å². The molecule has 0 aliphatic rings. The summed E-state index contributed by atoms with van der Waals surface area (Å²) in [6.45, 7) is 4.14. The van der Waals surface area contributed by atoms with Crippen LogP contribution in [0.4, 0.5) is 0 Å². The number of pyridine rings is 1. The summed E-state index contributed by atoms with van der Waals surface area (Å²) in [5, 5.41) is 10.0. The first kappa shape index (κ1) is 12.9. The molecule has 90 valence electrons. The molecule has 0 radical (unpaired) electrons. The number of halogens is 1. The standard InChI is InChI=1S/C14H11ClN2S/c1-9-3-4-12(7-10(9)2)18-14-13(15)11(8-16)5-6-17-14/h3-7H,1-2H3. The van der Waals surface area contributed by atoms with Gasteiger partial charge in [-0.1, -0.05) is 29.4 Å². The SMILES string of the molecule is Cc1ccc(Sc2nccc(C#N)c2Cl)cc1C. The lowest BCUT2D eigenvalue weighted by atomic mass is 10.1. The zero-order valence-corrected chi connectivity index (χ0v) is 11.6. The fourth-order valence-corrected chi connectivity index (χ4v) is 2.65. The lowest BCUT2D eigenvalue weighted by Gasteiger charge is -2.06. The molecule has 0 fully saturated rings. The Hall–Kier alpha value is -1.50. The molecule has 0 spiro atoms. The maximum atomic E-state index is 8.92. The van der Waals surface area contributed by atoms with E-state index in [1.165, 1.54) is 22.9 Å². The van der Waals surface area contributed by atoms with Crippen LogP contribution in [0.5, 0.6) is 0 Å². The molecule has 0 saturated heterocycles. The van der Waals surface area contributed by atoms with Crippen LogP contribution < -0.4 is 0 Å². The molecular weight excluding hydrogens is 264 g/mol. The van der Waals surface area contributed by atoms with Crippen molar-refractivity contribution in [1.82, 2.24) is 4.98 Å². The van der Waals surface area contributed by atoms with Crippen molar-refractivity contribution in [3.05, 3.63) is 52.2 Å². The summed E-state index contributed by atoms with van der Waals surface area (Å²) in [5.74, 6) is 0. The van der Waals surface area contributed by atoms with Gasteiger partial charge in [0.15, 0.2) is 0 Å². The third-order valence-corrected chi connectivity index (χ3v) is 4.16. The van der Waals surface area contributed by atoms with Gasteiger partial charge in [0.1, 0.15) is 11.1 Å². The zero-order valence-electron chi connectivity index (χ0n) is 10.1. The highest BCUT2D eigenvalue weighted by Crippen LogP contribution is 2.33. The molecule has 2 aromatic rings. The van der Waals surface area contributed by atoms with E-state index in [-0.39, 0.29) is 0 Å². The lowest BCUT2D eigenvalue weighted by Crippen LogP contribution is -1.87. The molecule has 1 aromatic carbocycles. The Labute approximate surface area is 116 Å². The van der Waals surface area contributed by atoms with E-state index in [1.54, 1.807) is 12.3 Å². The molecule has 0 amide bonds. The molecule has 1 heterocycles. The van der Waals surface area contributed by atoms with Gasteiger partial charge in [0, 0.05) is 11.1 Å². The summed E-state index contributed by atoms with van der Waals surface area (Å²) in [5.41, 5.74) is 2.94. The third-order valence-electron chi connectivity index (χ3n) is 2.67. The minimum Gasteiger partial charge on any atom is -0.248 e. The summed E-state index contributed by atoms with van der Waals surface area (Å²) in [6, 6.07) is 9.87. The first-order chi connectivity index (χ1) is 8.61. The van der Waals surface area contributed by atoms with Crippen molar-refractivity contribution in [2.45, 2.75) is 23.8 Å². The third kappa shape index (κ3) is 2.66. The predicted octanol–water partition coefficient (Wildman–Crippen LogP) is 4.37. The number of aryl methyl sites for hydroxylation is 2. The molecular formula is C14H11ClN2S. The van der Waals surface area contributed by atoms with E-state index in [0.717, 1.165) is 4.90 Å². The van der Waals surface area contributed by atoms with Crippen molar-refractivity contribution < 1.29 is 0 Å². The molecule has 0 atom stereocenters. The van der Waals surface area contributed by atoms with E-state index in [2.05, 4.69) is 37.0 Å². The van der Waals surface area contributed by atoms with Crippen LogP contribution in [0.1, 0.15) is 16.7 Å². The summed E-state index contributed by atoms with van der Waals surface area (Å²) < 4.78 is 0. The van der Waals surface area contributed by atoms with Gasteiger partial charge in [-0.3, -0.25) is 0 Å². The monoisotopic (exact) mass is 274 g/mol. The summed E-state index contributed by atoms with van der Waals surface area (Å²) in [7, 11) is 0. The molecule has 0 aliphatic heterocycles. The minimum atomic E-state index is 0.420. The van der Waals surface area contributed by atoms with Gasteiger partial charge in [-0.05, 0) is 43.2 Å². The summed E-state index contributed by atoms with van der Waals surface area (Å²) in [6.07, 6.45) is 1.60. The average Bonchev–Trinajstić information content (AvgIpc) is 2.36. The van der Waals surface area contributed by atoms with Crippen molar-refractivity contribution in [2.75, 3.05) is 0 Å². The summed E-state index contributed by atoms with van der Waals surface area (Å²) >= 11 is 7.60. The minimum absolute atomic E-state index is 0.420. The molecule has 0 bridgehead atoms. The molecule has 2 rings (SSSR count). The molecule has 0 unspecified atom stereocenters. The molecule has 2 nitrogen and oxygen atoms in total. The first-order valence-electron chi connectivity index (χ1n) is 5.41. The Morgan fingerprint density at radius 3 is 2.67 bits per heavy atom. The number of nitriles is 1. The van der Waals surface area contributed by atoms with E-state index < -0.39 is 0 Å². The molecule has 1 aromatic heterocycles. The lowest BCUT2D eigenvalue weighted by molar-refractivity contribution is 1.12. The number of benzene rings is 1. The van der Waals surface area contributed by atoms with Crippen LogP contribution >= 0.6 is 23.4 Å². The molecule has 0 saturated carbocycles. The van der Waals surface area contributed by atoms with Gasteiger partial charge in [0.05, 0.1) is 10.6 Å². The second-order valence-electron chi connectivity index (χ2n) is 3.94. The van der Waals surface area contributed by atoms with Crippen LogP contribution in [0.3, 0.4) is 0 Å². The highest BCUT2D eigenvalue weighted by Gasteiger charge is 2.09. The van der Waals surface area contributed by atoms with Crippen LogP contribution in [0.15, 0.2) is 40.4 Å². The predicted molar refractivity (Wildman–Crippen MR) is 74.0 cm³/mol. The second-order valence-corrected chi connectivity index (χ2v) is 5.38. The average molecular weight is 275 g/mol. The molecule has 0 aliphatic carbocycles. The maximum Gasteiger partial charge on any atom is 0.121 e. The normalized spacial score (nSPS) is 10.1. The van der Waals surface area contributed by atoms with Gasteiger partial charge in [0.2, 0.25) is 0 Å². The van der Waals surface area contributed by atoms with Gasteiger partial charge in [-0.25, -0.2) is 4.98 Å². The molecule has 0 N–H and O–H groups in total. The molecule has 18 heavy (non-hydrogen) atoms. The van der Waals surface area contributed by atoms with Gasteiger partial charge < -0.3 is 0 Å². The maximum absolute atomic E-state index is 8.92. The fraction of sp³-hybridized carbons (Fsp3) is 0.143. The van der Waals surface area contributed by atoms with E-state index in [4.69, 9.17) is 16.9 Å². The number of rotatable bonds is 2. The zero-order chi connectivity index (χ0) is 13.1. The van der Waals surface area contributed by atoms with Gasteiger partial charge in [-0.15, -0.1) is 0 Å². The largest absolute Gasteiger partial charge is 0.248 e. The summed E-state index contributed by atoms with van der Waals surface area (Å²) in [4.78, 5) is 5.29. The van der Waals surface area contributed by atoms with Crippen molar-refractivity contribution >= 4 is 23.4 Å². The van der Waals surface area contributed by atoms with Crippen LogP contribution in [0.25, 0.3) is 0 Å². The number of hydrogen-bond donors (Lipinski definition) is 0. The Bertz CT molecular complexity index is 632. The number of nitrogens with zero attached hydrogens (tertiary/aromatic N) is 2. The number of hydrogen-bond acceptors (Lipinski definition) is 3. The van der Waals surface area contributed by atoms with Crippen molar-refractivity contribution in [3.8, 4) is 6.07 Å². The van der Waals surface area contributed by atoms with Crippen LogP contribution in [-0.2, 0) is 0 Å². The Morgan fingerprint density at radius 1 is 1.22 bits per heavy atom. The Balaban J connectivity index is 2.35. The van der Waals surface area contributed by atoms with Gasteiger partial charge in [0.25, 0.3) is 0 Å². The number of aromatic nitrogens is 1. The smallest absolute Gasteiger partial charge is 0.121 e. The van der Waals surface area contributed by atoms with Gasteiger partial charge in [-0.2, -0.15) is 5.26 Å².